The largest absolute Gasteiger partial charge is 0.341 e. The number of amides is 2. The molecule has 2 amide bonds. The maximum Gasteiger partial charge on any atom is 0.225 e. The zero-order valence-corrected chi connectivity index (χ0v) is 16.2. The van der Waals surface area contributed by atoms with E-state index >= 15 is 0 Å². The van der Waals surface area contributed by atoms with Crippen LogP contribution in [0.15, 0.2) is 0 Å². The van der Waals surface area contributed by atoms with Gasteiger partial charge in [-0.15, -0.1) is 12.4 Å². The van der Waals surface area contributed by atoms with Crippen molar-refractivity contribution < 1.29 is 9.59 Å². The summed E-state index contributed by atoms with van der Waals surface area (Å²) in [5.74, 6) is 1.65. The minimum absolute atomic E-state index is 0. The molecule has 1 N–H and O–H groups in total. The zero-order chi connectivity index (χ0) is 16.8. The summed E-state index contributed by atoms with van der Waals surface area (Å²) >= 11 is 0. The van der Waals surface area contributed by atoms with Crippen molar-refractivity contribution in [2.75, 3.05) is 39.3 Å². The first kappa shape index (κ1) is 21.2. The molecule has 0 bridgehead atoms. The maximum absolute atomic E-state index is 12.6. The number of hydrogen-bond acceptors (Lipinski definition) is 3. The summed E-state index contributed by atoms with van der Waals surface area (Å²) in [6.07, 6.45) is 3.92. The van der Waals surface area contributed by atoms with E-state index in [4.69, 9.17) is 0 Å². The fourth-order valence-electron chi connectivity index (χ4n) is 3.74. The highest BCUT2D eigenvalue weighted by molar-refractivity contribution is 5.85. The van der Waals surface area contributed by atoms with Gasteiger partial charge in [0.25, 0.3) is 0 Å². The van der Waals surface area contributed by atoms with E-state index in [1.54, 1.807) is 0 Å². The fourth-order valence-corrected chi connectivity index (χ4v) is 3.74. The lowest BCUT2D eigenvalue weighted by Crippen LogP contribution is -2.39. The highest BCUT2D eigenvalue weighted by atomic mass is 35.5. The molecule has 0 aromatic rings. The van der Waals surface area contributed by atoms with Crippen molar-refractivity contribution in [2.24, 2.45) is 17.8 Å². The molecule has 2 fully saturated rings. The molecule has 2 aliphatic heterocycles. The molecule has 0 aromatic carbocycles. The summed E-state index contributed by atoms with van der Waals surface area (Å²) < 4.78 is 0. The molecule has 24 heavy (non-hydrogen) atoms. The molecule has 0 radical (unpaired) electrons. The van der Waals surface area contributed by atoms with Gasteiger partial charge in [0, 0.05) is 38.5 Å². The molecule has 0 saturated carbocycles. The highest BCUT2D eigenvalue weighted by Crippen LogP contribution is 2.25. The monoisotopic (exact) mass is 359 g/mol. The van der Waals surface area contributed by atoms with Gasteiger partial charge in [0.05, 0.1) is 0 Å². The number of carbonyl (C=O) groups is 2. The van der Waals surface area contributed by atoms with Crippen molar-refractivity contribution in [1.29, 1.82) is 0 Å². The molecule has 2 heterocycles. The predicted octanol–water partition coefficient (Wildman–Crippen LogP) is 2.15. The minimum Gasteiger partial charge on any atom is -0.341 e. The van der Waals surface area contributed by atoms with E-state index in [0.29, 0.717) is 31.3 Å². The van der Waals surface area contributed by atoms with Crippen LogP contribution >= 0.6 is 12.4 Å². The van der Waals surface area contributed by atoms with Crippen molar-refractivity contribution >= 4 is 24.2 Å². The average Bonchev–Trinajstić information content (AvgIpc) is 2.80. The lowest BCUT2D eigenvalue weighted by Gasteiger charge is -2.30. The molecule has 2 saturated heterocycles. The first-order valence-corrected chi connectivity index (χ1v) is 9.26. The third-order valence-electron chi connectivity index (χ3n) is 5.34. The van der Waals surface area contributed by atoms with E-state index in [-0.39, 0.29) is 30.1 Å². The Morgan fingerprint density at radius 2 is 1.58 bits per heavy atom. The maximum atomic E-state index is 12.6. The van der Waals surface area contributed by atoms with Crippen LogP contribution in [0.2, 0.25) is 0 Å². The molecule has 140 valence electrons. The second-order valence-corrected chi connectivity index (χ2v) is 7.48. The number of nitrogens with one attached hydrogen (secondary N) is 1. The van der Waals surface area contributed by atoms with Crippen LogP contribution in [0.5, 0.6) is 0 Å². The van der Waals surface area contributed by atoms with E-state index in [9.17, 15) is 9.59 Å². The number of carbonyl (C=O) groups excluding carboxylic acids is 2. The molecule has 0 spiro atoms. The van der Waals surface area contributed by atoms with Crippen molar-refractivity contribution in [3.05, 3.63) is 0 Å². The Kier molecular flexibility index (Phi) is 9.06. The van der Waals surface area contributed by atoms with Gasteiger partial charge >= 0.3 is 0 Å². The Morgan fingerprint density at radius 1 is 1.00 bits per heavy atom. The van der Waals surface area contributed by atoms with Crippen molar-refractivity contribution in [3.63, 3.8) is 0 Å². The number of rotatable bonds is 4. The number of hydrogen-bond donors (Lipinski definition) is 1. The predicted molar refractivity (Wildman–Crippen MR) is 99.2 cm³/mol. The third kappa shape index (κ3) is 5.92. The van der Waals surface area contributed by atoms with E-state index in [1.165, 1.54) is 12.8 Å². The Labute approximate surface area is 152 Å². The van der Waals surface area contributed by atoms with Crippen LogP contribution in [0.25, 0.3) is 0 Å². The first-order chi connectivity index (χ1) is 11.0. The molecule has 1 atom stereocenters. The summed E-state index contributed by atoms with van der Waals surface area (Å²) in [6.45, 7) is 11.2. The van der Waals surface area contributed by atoms with Gasteiger partial charge in [-0.2, -0.15) is 0 Å². The van der Waals surface area contributed by atoms with E-state index < -0.39 is 0 Å². The Hall–Kier alpha value is -0.810. The molecule has 0 aromatic heterocycles. The van der Waals surface area contributed by atoms with Crippen LogP contribution in [0.3, 0.4) is 0 Å². The van der Waals surface area contributed by atoms with Gasteiger partial charge in [-0.1, -0.05) is 20.8 Å². The standard InChI is InChI=1S/C18H33N3O2.ClH/c1-14(2)18(23)21-10-4-9-20(11-12-21)17(22)13-15(3)16-5-7-19-8-6-16;/h14-16,19H,4-13H2,1-3H3;1H. The van der Waals surface area contributed by atoms with Gasteiger partial charge in [0.2, 0.25) is 11.8 Å². The van der Waals surface area contributed by atoms with Crippen LogP contribution in [-0.4, -0.2) is 60.9 Å². The molecule has 1 unspecified atom stereocenters. The summed E-state index contributed by atoms with van der Waals surface area (Å²) in [7, 11) is 0. The van der Waals surface area contributed by atoms with Gasteiger partial charge in [-0.25, -0.2) is 0 Å². The molecule has 2 rings (SSSR count). The Bertz CT molecular complexity index is 411. The molecule has 5 nitrogen and oxygen atoms in total. The van der Waals surface area contributed by atoms with E-state index in [0.717, 1.165) is 32.6 Å². The van der Waals surface area contributed by atoms with Crippen molar-refractivity contribution in [1.82, 2.24) is 15.1 Å². The number of nitrogens with zero attached hydrogens (tertiary/aromatic N) is 2. The molecular weight excluding hydrogens is 326 g/mol. The number of halogens is 1. The van der Waals surface area contributed by atoms with Gasteiger partial charge in [0.1, 0.15) is 0 Å². The van der Waals surface area contributed by atoms with E-state index in [2.05, 4.69) is 12.2 Å². The molecule has 2 aliphatic rings. The van der Waals surface area contributed by atoms with Crippen molar-refractivity contribution in [2.45, 2.75) is 46.5 Å². The average molecular weight is 360 g/mol. The SMILES string of the molecule is CC(C)C(=O)N1CCCN(C(=O)CC(C)C2CCNCC2)CC1.Cl. The van der Waals surface area contributed by atoms with Gasteiger partial charge in [0.15, 0.2) is 0 Å². The summed E-state index contributed by atoms with van der Waals surface area (Å²) in [5, 5.41) is 3.39. The Balaban J connectivity index is 0.00000288. The van der Waals surface area contributed by atoms with Gasteiger partial charge < -0.3 is 15.1 Å². The Morgan fingerprint density at radius 3 is 2.21 bits per heavy atom. The highest BCUT2D eigenvalue weighted by Gasteiger charge is 2.26. The third-order valence-corrected chi connectivity index (χ3v) is 5.34. The summed E-state index contributed by atoms with van der Waals surface area (Å²) in [5.41, 5.74) is 0. The second kappa shape index (κ2) is 10.2. The van der Waals surface area contributed by atoms with Gasteiger partial charge in [-0.05, 0) is 44.2 Å². The summed E-state index contributed by atoms with van der Waals surface area (Å²) in [4.78, 5) is 28.7. The minimum atomic E-state index is 0. The molecule has 6 heteroatoms. The van der Waals surface area contributed by atoms with Crippen LogP contribution in [-0.2, 0) is 9.59 Å². The van der Waals surface area contributed by atoms with E-state index in [1.807, 2.05) is 23.6 Å². The molecular formula is C18H34ClN3O2. The lowest BCUT2D eigenvalue weighted by molar-refractivity contribution is -0.136. The fraction of sp³-hybridized carbons (Fsp3) is 0.889. The second-order valence-electron chi connectivity index (χ2n) is 7.48. The van der Waals surface area contributed by atoms with Gasteiger partial charge in [-0.3, -0.25) is 9.59 Å². The first-order valence-electron chi connectivity index (χ1n) is 9.26. The molecule has 0 aliphatic carbocycles. The van der Waals surface area contributed by atoms with Crippen LogP contribution in [0.4, 0.5) is 0 Å². The van der Waals surface area contributed by atoms with Crippen LogP contribution in [0.1, 0.15) is 46.5 Å². The lowest BCUT2D eigenvalue weighted by atomic mass is 9.84. The normalized spacial score (nSPS) is 21.2. The van der Waals surface area contributed by atoms with Crippen LogP contribution in [0, 0.1) is 17.8 Å². The number of piperidine rings is 1. The van der Waals surface area contributed by atoms with Crippen molar-refractivity contribution in [3.8, 4) is 0 Å². The quantitative estimate of drug-likeness (QED) is 0.836. The van der Waals surface area contributed by atoms with Crippen LogP contribution < -0.4 is 5.32 Å². The zero-order valence-electron chi connectivity index (χ0n) is 15.4. The topological polar surface area (TPSA) is 52.7 Å². The smallest absolute Gasteiger partial charge is 0.225 e. The summed E-state index contributed by atoms with van der Waals surface area (Å²) in [6, 6.07) is 0.